The first-order valence-electron chi connectivity index (χ1n) is 7.74. The number of nitrogens with two attached hydrogens (primary N) is 1. The Bertz CT molecular complexity index is 648. The summed E-state index contributed by atoms with van der Waals surface area (Å²) in [5.74, 6) is 1.84. The number of imidazole rings is 1. The van der Waals surface area contributed by atoms with Crippen LogP contribution in [0.25, 0.3) is 0 Å². The first-order valence-corrected chi connectivity index (χ1v) is 7.74. The maximum Gasteiger partial charge on any atom is 0.193 e. The number of nitrogens with zero attached hydrogens (tertiary/aromatic N) is 3. The quantitative estimate of drug-likeness (QED) is 0.608. The van der Waals surface area contributed by atoms with Gasteiger partial charge in [-0.1, -0.05) is 32.0 Å². The van der Waals surface area contributed by atoms with Crippen LogP contribution in [0.15, 0.2) is 41.7 Å². The standard InChI is InChI=1S/C17H25N5O/c1-13(2)11-22-9-8-19-16(22)10-20-17(18)21-15-7-5-4-6-14(15)12-23-3/h4-9,13H,10-12H2,1-3H3,(H3,18,20,21). The van der Waals surface area contributed by atoms with Crippen LogP contribution in [0.4, 0.5) is 5.69 Å². The van der Waals surface area contributed by atoms with Gasteiger partial charge in [-0.15, -0.1) is 0 Å². The highest BCUT2D eigenvalue weighted by atomic mass is 16.5. The van der Waals surface area contributed by atoms with Crippen LogP contribution in [-0.2, 0) is 24.4 Å². The molecule has 1 aromatic heterocycles. The van der Waals surface area contributed by atoms with E-state index in [4.69, 9.17) is 10.5 Å². The monoisotopic (exact) mass is 315 g/mol. The second-order valence-electron chi connectivity index (χ2n) is 5.81. The van der Waals surface area contributed by atoms with E-state index in [0.29, 0.717) is 25.0 Å². The SMILES string of the molecule is COCc1ccccc1NC(N)=NCc1nccn1CC(C)C. The summed E-state index contributed by atoms with van der Waals surface area (Å²) in [6.07, 6.45) is 3.77. The third-order valence-corrected chi connectivity index (χ3v) is 3.33. The summed E-state index contributed by atoms with van der Waals surface area (Å²) in [5, 5.41) is 3.13. The predicted molar refractivity (Wildman–Crippen MR) is 93.2 cm³/mol. The number of methoxy groups -OCH3 is 1. The number of nitrogens with one attached hydrogen (secondary N) is 1. The number of aliphatic imine (C=N–C) groups is 1. The number of aromatic nitrogens is 2. The van der Waals surface area contributed by atoms with E-state index in [0.717, 1.165) is 23.6 Å². The summed E-state index contributed by atoms with van der Waals surface area (Å²) in [6.45, 7) is 6.25. The molecule has 1 aromatic carbocycles. The summed E-state index contributed by atoms with van der Waals surface area (Å²) in [4.78, 5) is 8.74. The van der Waals surface area contributed by atoms with Gasteiger partial charge in [0, 0.05) is 37.3 Å². The van der Waals surface area contributed by atoms with Crippen LogP contribution < -0.4 is 11.1 Å². The summed E-state index contributed by atoms with van der Waals surface area (Å²) in [7, 11) is 1.67. The molecule has 0 unspecified atom stereocenters. The van der Waals surface area contributed by atoms with Crippen molar-refractivity contribution in [3.05, 3.63) is 48.0 Å². The number of rotatable bonds is 7. The van der Waals surface area contributed by atoms with Crippen LogP contribution in [0.5, 0.6) is 0 Å². The molecular weight excluding hydrogens is 290 g/mol. The van der Waals surface area contributed by atoms with E-state index >= 15 is 0 Å². The Morgan fingerprint density at radius 2 is 2.17 bits per heavy atom. The molecule has 0 radical (unpaired) electrons. The van der Waals surface area contributed by atoms with Crippen molar-refractivity contribution in [3.8, 4) is 0 Å². The van der Waals surface area contributed by atoms with Crippen LogP contribution in [0.1, 0.15) is 25.2 Å². The normalized spacial score (nSPS) is 11.9. The Labute approximate surface area is 137 Å². The molecule has 0 saturated carbocycles. The largest absolute Gasteiger partial charge is 0.380 e. The highest BCUT2D eigenvalue weighted by Crippen LogP contribution is 2.15. The molecule has 0 atom stereocenters. The number of para-hydroxylation sites is 1. The average molecular weight is 315 g/mol. The molecule has 0 aliphatic carbocycles. The average Bonchev–Trinajstić information content (AvgIpc) is 2.94. The van der Waals surface area contributed by atoms with Crippen molar-refractivity contribution in [3.63, 3.8) is 0 Å². The maximum atomic E-state index is 6.00. The molecule has 0 amide bonds. The topological polar surface area (TPSA) is 77.5 Å². The number of benzene rings is 1. The van der Waals surface area contributed by atoms with Gasteiger partial charge in [0.2, 0.25) is 0 Å². The lowest BCUT2D eigenvalue weighted by atomic mass is 10.2. The summed E-state index contributed by atoms with van der Waals surface area (Å²) < 4.78 is 7.30. The zero-order valence-corrected chi connectivity index (χ0v) is 14.0. The van der Waals surface area contributed by atoms with Gasteiger partial charge in [-0.25, -0.2) is 9.98 Å². The van der Waals surface area contributed by atoms with Crippen LogP contribution in [-0.4, -0.2) is 22.6 Å². The van der Waals surface area contributed by atoms with Crippen molar-refractivity contribution in [1.82, 2.24) is 9.55 Å². The van der Waals surface area contributed by atoms with E-state index in [1.807, 2.05) is 30.5 Å². The van der Waals surface area contributed by atoms with Gasteiger partial charge in [0.1, 0.15) is 12.4 Å². The van der Waals surface area contributed by atoms with Crippen LogP contribution in [0.3, 0.4) is 0 Å². The Morgan fingerprint density at radius 1 is 1.39 bits per heavy atom. The fourth-order valence-corrected chi connectivity index (χ4v) is 2.31. The second-order valence-corrected chi connectivity index (χ2v) is 5.81. The zero-order chi connectivity index (χ0) is 16.7. The zero-order valence-electron chi connectivity index (χ0n) is 14.0. The third-order valence-electron chi connectivity index (χ3n) is 3.33. The van der Waals surface area contributed by atoms with Crippen LogP contribution >= 0.6 is 0 Å². The van der Waals surface area contributed by atoms with E-state index in [-0.39, 0.29) is 0 Å². The minimum atomic E-state index is 0.368. The summed E-state index contributed by atoms with van der Waals surface area (Å²) in [5.41, 5.74) is 7.94. The molecular formula is C17H25N5O. The molecule has 6 heteroatoms. The van der Waals surface area contributed by atoms with E-state index in [1.165, 1.54) is 0 Å². The Morgan fingerprint density at radius 3 is 2.91 bits per heavy atom. The van der Waals surface area contributed by atoms with Gasteiger partial charge in [0.25, 0.3) is 0 Å². The lowest BCUT2D eigenvalue weighted by molar-refractivity contribution is 0.185. The van der Waals surface area contributed by atoms with Gasteiger partial charge < -0.3 is 20.4 Å². The Kier molecular flexibility index (Phi) is 6.17. The molecule has 124 valence electrons. The molecule has 1 heterocycles. The molecule has 0 aliphatic heterocycles. The first kappa shape index (κ1) is 17.0. The van der Waals surface area contributed by atoms with Crippen molar-refractivity contribution in [1.29, 1.82) is 0 Å². The van der Waals surface area contributed by atoms with Crippen molar-refractivity contribution in [2.75, 3.05) is 12.4 Å². The van der Waals surface area contributed by atoms with Gasteiger partial charge in [-0.3, -0.25) is 0 Å². The molecule has 0 fully saturated rings. The Hall–Kier alpha value is -2.34. The second kappa shape index (κ2) is 8.33. The molecule has 2 rings (SSSR count). The van der Waals surface area contributed by atoms with E-state index in [1.54, 1.807) is 13.3 Å². The molecule has 3 N–H and O–H groups in total. The third kappa shape index (κ3) is 5.10. The molecule has 23 heavy (non-hydrogen) atoms. The highest BCUT2D eigenvalue weighted by Gasteiger charge is 2.05. The fraction of sp³-hybridized carbons (Fsp3) is 0.412. The number of hydrogen-bond donors (Lipinski definition) is 2. The van der Waals surface area contributed by atoms with Crippen molar-refractivity contribution >= 4 is 11.6 Å². The Balaban J connectivity index is 2.02. The molecule has 0 saturated heterocycles. The molecule has 0 bridgehead atoms. The number of anilines is 1. The van der Waals surface area contributed by atoms with Gasteiger partial charge in [0.05, 0.1) is 6.61 Å². The maximum absolute atomic E-state index is 6.00. The fourth-order valence-electron chi connectivity index (χ4n) is 2.31. The van der Waals surface area contributed by atoms with Crippen molar-refractivity contribution in [2.45, 2.75) is 33.5 Å². The predicted octanol–water partition coefficient (Wildman–Crippen LogP) is 2.61. The van der Waals surface area contributed by atoms with Gasteiger partial charge in [0.15, 0.2) is 5.96 Å². The lowest BCUT2D eigenvalue weighted by Gasteiger charge is -2.11. The molecule has 6 nitrogen and oxygen atoms in total. The highest BCUT2D eigenvalue weighted by molar-refractivity contribution is 5.92. The van der Waals surface area contributed by atoms with Gasteiger partial charge in [-0.05, 0) is 12.0 Å². The molecule has 0 spiro atoms. The number of guanidine groups is 1. The summed E-state index contributed by atoms with van der Waals surface area (Å²) >= 11 is 0. The number of ether oxygens (including phenoxy) is 1. The van der Waals surface area contributed by atoms with E-state index in [2.05, 4.69) is 33.7 Å². The summed E-state index contributed by atoms with van der Waals surface area (Å²) in [6, 6.07) is 7.87. The first-order chi connectivity index (χ1) is 11.1. The van der Waals surface area contributed by atoms with Gasteiger partial charge >= 0.3 is 0 Å². The lowest BCUT2D eigenvalue weighted by Crippen LogP contribution is -2.23. The van der Waals surface area contributed by atoms with Crippen molar-refractivity contribution < 1.29 is 4.74 Å². The van der Waals surface area contributed by atoms with Crippen molar-refractivity contribution in [2.24, 2.45) is 16.6 Å². The number of hydrogen-bond acceptors (Lipinski definition) is 3. The van der Waals surface area contributed by atoms with E-state index in [9.17, 15) is 0 Å². The van der Waals surface area contributed by atoms with E-state index < -0.39 is 0 Å². The minimum absolute atomic E-state index is 0.368. The molecule has 0 aliphatic rings. The van der Waals surface area contributed by atoms with Gasteiger partial charge in [-0.2, -0.15) is 0 Å². The smallest absolute Gasteiger partial charge is 0.193 e. The van der Waals surface area contributed by atoms with Crippen LogP contribution in [0, 0.1) is 5.92 Å². The molecule has 2 aromatic rings. The minimum Gasteiger partial charge on any atom is -0.380 e. The van der Waals surface area contributed by atoms with Crippen LogP contribution in [0.2, 0.25) is 0 Å².